The van der Waals surface area contributed by atoms with E-state index in [1.54, 1.807) is 0 Å². The molecule has 1 heterocycles. The summed E-state index contributed by atoms with van der Waals surface area (Å²) in [5.74, 6) is 1.43. The number of halogens is 1. The van der Waals surface area contributed by atoms with Crippen molar-refractivity contribution in [1.29, 1.82) is 0 Å². The first-order valence-corrected chi connectivity index (χ1v) is 5.83. The molecule has 0 fully saturated rings. The van der Waals surface area contributed by atoms with E-state index in [1.807, 2.05) is 0 Å². The van der Waals surface area contributed by atoms with Crippen LogP contribution < -0.4 is 5.32 Å². The van der Waals surface area contributed by atoms with E-state index in [0.29, 0.717) is 24.2 Å². The zero-order valence-electron chi connectivity index (χ0n) is 10.1. The van der Waals surface area contributed by atoms with Crippen molar-refractivity contribution in [2.45, 2.75) is 20.8 Å². The topological polar surface area (TPSA) is 68.1 Å². The maximum absolute atomic E-state index is 10.6. The van der Waals surface area contributed by atoms with Gasteiger partial charge in [0.25, 0.3) is 5.69 Å². The zero-order valence-corrected chi connectivity index (χ0v) is 10.9. The van der Waals surface area contributed by atoms with Gasteiger partial charge in [0.2, 0.25) is 0 Å². The van der Waals surface area contributed by atoms with Gasteiger partial charge < -0.3 is 5.32 Å². The summed E-state index contributed by atoms with van der Waals surface area (Å²) in [6.45, 7) is 7.07. The van der Waals surface area contributed by atoms with E-state index in [0.717, 1.165) is 0 Å². The van der Waals surface area contributed by atoms with E-state index >= 15 is 0 Å². The molecule has 0 saturated heterocycles. The van der Waals surface area contributed by atoms with Crippen LogP contribution in [-0.2, 0) is 0 Å². The Labute approximate surface area is 105 Å². The average Bonchev–Trinajstić information content (AvgIpc) is 2.24. The fourth-order valence-electron chi connectivity index (χ4n) is 1.18. The van der Waals surface area contributed by atoms with Crippen molar-refractivity contribution in [3.05, 3.63) is 27.4 Å². The molecule has 1 aromatic heterocycles. The molecule has 6 heteroatoms. The van der Waals surface area contributed by atoms with Gasteiger partial charge in [-0.2, -0.15) is 0 Å². The first kappa shape index (κ1) is 13.7. The van der Waals surface area contributed by atoms with Crippen molar-refractivity contribution < 1.29 is 4.92 Å². The highest BCUT2D eigenvalue weighted by molar-refractivity contribution is 6.29. The minimum absolute atomic E-state index is 0.0512. The van der Waals surface area contributed by atoms with Gasteiger partial charge in [0.05, 0.1) is 17.1 Å². The number of hydrogen-bond acceptors (Lipinski definition) is 4. The van der Waals surface area contributed by atoms with Crippen LogP contribution in [0.15, 0.2) is 12.1 Å². The predicted molar refractivity (Wildman–Crippen MR) is 68.4 cm³/mol. The van der Waals surface area contributed by atoms with Crippen LogP contribution in [0.4, 0.5) is 11.5 Å². The van der Waals surface area contributed by atoms with Crippen molar-refractivity contribution >= 4 is 23.1 Å². The highest BCUT2D eigenvalue weighted by Gasteiger charge is 2.12. The maximum atomic E-state index is 10.6. The van der Waals surface area contributed by atoms with Gasteiger partial charge in [-0.15, -0.1) is 0 Å². The first-order valence-electron chi connectivity index (χ1n) is 5.46. The van der Waals surface area contributed by atoms with Crippen molar-refractivity contribution in [2.75, 3.05) is 11.9 Å². The largest absolute Gasteiger partial charge is 0.370 e. The van der Waals surface area contributed by atoms with Crippen LogP contribution in [0, 0.1) is 22.0 Å². The molecule has 0 bridgehead atoms. The van der Waals surface area contributed by atoms with Crippen molar-refractivity contribution in [1.82, 2.24) is 4.98 Å². The van der Waals surface area contributed by atoms with E-state index in [-0.39, 0.29) is 10.8 Å². The molecule has 17 heavy (non-hydrogen) atoms. The Bertz CT molecular complexity index is 410. The minimum Gasteiger partial charge on any atom is -0.370 e. The highest BCUT2D eigenvalue weighted by Crippen LogP contribution is 2.21. The molecule has 94 valence electrons. The number of nitrogens with one attached hydrogen (secondary N) is 1. The molecule has 0 spiro atoms. The summed E-state index contributed by atoms with van der Waals surface area (Å²) in [4.78, 5) is 14.2. The second-order valence-electron chi connectivity index (χ2n) is 4.39. The van der Waals surface area contributed by atoms with Crippen LogP contribution in [0.25, 0.3) is 0 Å². The van der Waals surface area contributed by atoms with E-state index in [4.69, 9.17) is 11.6 Å². The van der Waals surface area contributed by atoms with Gasteiger partial charge in [-0.1, -0.05) is 32.4 Å². The number of nitro groups is 1. The number of rotatable bonds is 5. The van der Waals surface area contributed by atoms with Crippen molar-refractivity contribution in [3.63, 3.8) is 0 Å². The smallest absolute Gasteiger partial charge is 0.276 e. The van der Waals surface area contributed by atoms with Crippen LogP contribution in [0.2, 0.25) is 5.15 Å². The van der Waals surface area contributed by atoms with E-state index in [2.05, 4.69) is 31.1 Å². The number of aromatic nitrogens is 1. The Kier molecular flexibility index (Phi) is 4.69. The van der Waals surface area contributed by atoms with E-state index in [9.17, 15) is 10.1 Å². The number of anilines is 1. The summed E-state index contributed by atoms with van der Waals surface area (Å²) in [5.41, 5.74) is -0.0512. The Hall–Kier alpha value is -1.36. The molecule has 0 radical (unpaired) electrons. The Morgan fingerprint density at radius 3 is 2.65 bits per heavy atom. The third kappa shape index (κ3) is 4.19. The minimum atomic E-state index is -0.482. The molecular formula is C11H16ClN3O2. The molecular weight excluding hydrogens is 242 g/mol. The third-order valence-electron chi connectivity index (χ3n) is 2.73. The van der Waals surface area contributed by atoms with Crippen LogP contribution in [0.1, 0.15) is 20.8 Å². The van der Waals surface area contributed by atoms with Crippen molar-refractivity contribution in [2.24, 2.45) is 11.8 Å². The summed E-state index contributed by atoms with van der Waals surface area (Å²) in [5, 5.41) is 13.8. The van der Waals surface area contributed by atoms with Gasteiger partial charge in [-0.05, 0) is 11.8 Å². The molecule has 1 rings (SSSR count). The average molecular weight is 258 g/mol. The lowest BCUT2D eigenvalue weighted by Crippen LogP contribution is -2.16. The maximum Gasteiger partial charge on any atom is 0.276 e. The van der Waals surface area contributed by atoms with Gasteiger partial charge in [0, 0.05) is 6.54 Å². The van der Waals surface area contributed by atoms with Crippen LogP contribution in [0.5, 0.6) is 0 Å². The zero-order chi connectivity index (χ0) is 13.0. The summed E-state index contributed by atoms with van der Waals surface area (Å²) in [6, 6.07) is 2.62. The number of pyridine rings is 1. The van der Waals surface area contributed by atoms with Gasteiger partial charge in [-0.25, -0.2) is 4.98 Å². The summed E-state index contributed by atoms with van der Waals surface area (Å²) in [7, 11) is 0. The molecule has 0 aliphatic carbocycles. The Morgan fingerprint density at radius 2 is 2.12 bits per heavy atom. The lowest BCUT2D eigenvalue weighted by molar-refractivity contribution is -0.384. The normalized spacial score (nSPS) is 12.5. The second-order valence-corrected chi connectivity index (χ2v) is 4.78. The fraction of sp³-hybridized carbons (Fsp3) is 0.545. The molecule has 5 nitrogen and oxygen atoms in total. The Balaban J connectivity index is 2.74. The fourth-order valence-corrected chi connectivity index (χ4v) is 1.38. The molecule has 0 saturated carbocycles. The monoisotopic (exact) mass is 257 g/mol. The number of hydrogen-bond donors (Lipinski definition) is 1. The van der Waals surface area contributed by atoms with E-state index in [1.165, 1.54) is 12.1 Å². The molecule has 1 atom stereocenters. The third-order valence-corrected chi connectivity index (χ3v) is 2.93. The molecule has 1 unspecified atom stereocenters. The molecule has 0 aliphatic heterocycles. The quantitative estimate of drug-likeness (QED) is 0.499. The number of nitrogens with zero attached hydrogens (tertiary/aromatic N) is 2. The van der Waals surface area contributed by atoms with Gasteiger partial charge >= 0.3 is 0 Å². The molecule has 0 aliphatic rings. The SMILES string of the molecule is CC(C)C(C)CNc1cc([N+](=O)[O-])cc(Cl)n1. The molecule has 0 aromatic carbocycles. The van der Waals surface area contributed by atoms with Crippen molar-refractivity contribution in [3.8, 4) is 0 Å². The molecule has 0 amide bonds. The van der Waals surface area contributed by atoms with Crippen LogP contribution >= 0.6 is 11.6 Å². The summed E-state index contributed by atoms with van der Waals surface area (Å²) >= 11 is 5.72. The predicted octanol–water partition coefficient (Wildman–Crippen LogP) is 3.35. The standard InChI is InChI=1S/C11H16ClN3O2/c1-7(2)8(3)6-13-11-5-9(15(16)17)4-10(12)14-11/h4-5,7-8H,6H2,1-3H3,(H,13,14). The first-order chi connectivity index (χ1) is 7.90. The van der Waals surface area contributed by atoms with Gasteiger partial charge in [0.1, 0.15) is 11.0 Å². The molecule has 1 aromatic rings. The van der Waals surface area contributed by atoms with Gasteiger partial charge in [-0.3, -0.25) is 10.1 Å². The lowest BCUT2D eigenvalue weighted by Gasteiger charge is -2.16. The lowest BCUT2D eigenvalue weighted by atomic mass is 9.98. The van der Waals surface area contributed by atoms with E-state index < -0.39 is 4.92 Å². The Morgan fingerprint density at radius 1 is 1.47 bits per heavy atom. The highest BCUT2D eigenvalue weighted by atomic mass is 35.5. The summed E-state index contributed by atoms with van der Waals surface area (Å²) in [6.07, 6.45) is 0. The summed E-state index contributed by atoms with van der Waals surface area (Å²) < 4.78 is 0. The van der Waals surface area contributed by atoms with Gasteiger partial charge in [0.15, 0.2) is 0 Å². The molecule has 1 N–H and O–H groups in total. The van der Waals surface area contributed by atoms with Crippen LogP contribution in [0.3, 0.4) is 0 Å². The van der Waals surface area contributed by atoms with Crippen LogP contribution in [-0.4, -0.2) is 16.5 Å². The second kappa shape index (κ2) is 5.82.